The van der Waals surface area contributed by atoms with E-state index in [4.69, 9.17) is 4.74 Å². The van der Waals surface area contributed by atoms with Crippen molar-refractivity contribution in [1.82, 2.24) is 20.5 Å². The number of hydrogen-bond acceptors (Lipinski definition) is 4. The molecule has 122 valence electrons. The Balaban J connectivity index is 1.56. The molecule has 23 heavy (non-hydrogen) atoms. The number of aromatic amines is 1. The Morgan fingerprint density at radius 1 is 1.39 bits per heavy atom. The molecule has 1 amide bonds. The fraction of sp³-hybridized carbons (Fsp3) is 0.471. The number of benzene rings is 1. The van der Waals surface area contributed by atoms with Gasteiger partial charge >= 0.3 is 0 Å². The van der Waals surface area contributed by atoms with Gasteiger partial charge in [0.1, 0.15) is 5.82 Å². The number of amides is 1. The molecule has 0 saturated carbocycles. The van der Waals surface area contributed by atoms with Gasteiger partial charge in [-0.05, 0) is 30.0 Å². The molecule has 0 bridgehead atoms. The molecule has 1 unspecified atom stereocenters. The molecule has 2 aromatic rings. The Hall–Kier alpha value is -2.21. The quantitative estimate of drug-likeness (QED) is 0.888. The molecule has 0 aliphatic carbocycles. The molecule has 1 fully saturated rings. The Morgan fingerprint density at radius 3 is 2.83 bits per heavy atom. The second-order valence-corrected chi connectivity index (χ2v) is 6.16. The van der Waals surface area contributed by atoms with Crippen molar-refractivity contribution in [3.63, 3.8) is 0 Å². The minimum absolute atomic E-state index is 0.109. The van der Waals surface area contributed by atoms with E-state index in [0.717, 1.165) is 18.9 Å². The van der Waals surface area contributed by atoms with Crippen LogP contribution in [0.2, 0.25) is 0 Å². The predicted octanol–water partition coefficient (Wildman–Crippen LogP) is 2.36. The van der Waals surface area contributed by atoms with Gasteiger partial charge in [0.25, 0.3) is 5.91 Å². The van der Waals surface area contributed by atoms with Crippen LogP contribution < -0.4 is 5.32 Å². The summed E-state index contributed by atoms with van der Waals surface area (Å²) in [5.74, 6) is 2.05. The van der Waals surface area contributed by atoms with E-state index >= 15 is 0 Å². The first kappa shape index (κ1) is 15.7. The van der Waals surface area contributed by atoms with Crippen LogP contribution in [0.1, 0.15) is 59.7 Å². The molecule has 3 rings (SSSR count). The first-order valence-electron chi connectivity index (χ1n) is 8.00. The number of nitrogens with zero attached hydrogens (tertiary/aromatic N) is 2. The van der Waals surface area contributed by atoms with Crippen LogP contribution in [0.4, 0.5) is 0 Å². The van der Waals surface area contributed by atoms with Gasteiger partial charge in [-0.3, -0.25) is 9.89 Å². The van der Waals surface area contributed by atoms with Gasteiger partial charge in [0, 0.05) is 18.1 Å². The van der Waals surface area contributed by atoms with E-state index in [9.17, 15) is 4.79 Å². The number of carbonyl (C=O) groups excluding carboxylic acids is 1. The molecule has 1 atom stereocenters. The van der Waals surface area contributed by atoms with Crippen LogP contribution in [0.5, 0.6) is 0 Å². The molecule has 6 heteroatoms. The molecular formula is C17H22N4O2. The maximum Gasteiger partial charge on any atom is 0.251 e. The minimum atomic E-state index is -0.109. The van der Waals surface area contributed by atoms with Crippen molar-refractivity contribution < 1.29 is 9.53 Å². The lowest BCUT2D eigenvalue weighted by atomic mass is 10.0. The molecule has 1 aliphatic heterocycles. The highest BCUT2D eigenvalue weighted by atomic mass is 16.5. The van der Waals surface area contributed by atoms with E-state index < -0.39 is 0 Å². The highest BCUT2D eigenvalue weighted by molar-refractivity contribution is 5.94. The summed E-state index contributed by atoms with van der Waals surface area (Å²) in [6.45, 7) is 6.03. The molecule has 1 aromatic carbocycles. The molecule has 2 heterocycles. The summed E-state index contributed by atoms with van der Waals surface area (Å²) in [5.41, 5.74) is 1.87. The molecular weight excluding hydrogens is 292 g/mol. The van der Waals surface area contributed by atoms with Crippen molar-refractivity contribution in [2.45, 2.75) is 38.6 Å². The van der Waals surface area contributed by atoms with Crippen LogP contribution in [0, 0.1) is 0 Å². The molecule has 6 nitrogen and oxygen atoms in total. The van der Waals surface area contributed by atoms with Crippen LogP contribution in [0.3, 0.4) is 0 Å². The van der Waals surface area contributed by atoms with Gasteiger partial charge in [-0.2, -0.15) is 5.10 Å². The summed E-state index contributed by atoms with van der Waals surface area (Å²) in [7, 11) is 0. The number of rotatable bonds is 5. The molecule has 1 aliphatic rings. The first-order valence-corrected chi connectivity index (χ1v) is 8.00. The van der Waals surface area contributed by atoms with Crippen molar-refractivity contribution in [3.05, 3.63) is 47.0 Å². The second-order valence-electron chi connectivity index (χ2n) is 6.16. The van der Waals surface area contributed by atoms with E-state index in [0.29, 0.717) is 30.5 Å². The van der Waals surface area contributed by atoms with Gasteiger partial charge in [-0.25, -0.2) is 4.98 Å². The zero-order valence-electron chi connectivity index (χ0n) is 13.5. The zero-order valence-corrected chi connectivity index (χ0v) is 13.5. The smallest absolute Gasteiger partial charge is 0.251 e. The maximum atomic E-state index is 12.2. The van der Waals surface area contributed by atoms with Crippen molar-refractivity contribution in [3.8, 4) is 0 Å². The second kappa shape index (κ2) is 6.91. The van der Waals surface area contributed by atoms with E-state index in [-0.39, 0.29) is 11.8 Å². The average molecular weight is 314 g/mol. The first-order chi connectivity index (χ1) is 11.1. The Morgan fingerprint density at radius 2 is 2.17 bits per heavy atom. The standard InChI is InChI=1S/C17H22N4O2/c1-11(2)12-3-5-13(6-4-12)17(22)18-9-15-19-16(21-20-15)14-7-8-23-10-14/h3-6,11,14H,7-10H2,1-2H3,(H,18,22)(H,19,20,21). The largest absolute Gasteiger partial charge is 0.381 e. The van der Waals surface area contributed by atoms with Crippen molar-refractivity contribution >= 4 is 5.91 Å². The van der Waals surface area contributed by atoms with Gasteiger partial charge in [0.15, 0.2) is 5.82 Å². The fourth-order valence-electron chi connectivity index (χ4n) is 2.60. The highest BCUT2D eigenvalue weighted by Gasteiger charge is 2.21. The van der Waals surface area contributed by atoms with Crippen LogP contribution >= 0.6 is 0 Å². The normalized spacial score (nSPS) is 17.6. The van der Waals surface area contributed by atoms with Crippen LogP contribution in [-0.2, 0) is 11.3 Å². The molecule has 2 N–H and O–H groups in total. The summed E-state index contributed by atoms with van der Waals surface area (Å²) in [5, 5.41) is 9.96. The lowest BCUT2D eigenvalue weighted by molar-refractivity contribution is 0.0950. The average Bonchev–Trinajstić information content (AvgIpc) is 3.23. The van der Waals surface area contributed by atoms with Crippen molar-refractivity contribution in [2.24, 2.45) is 0 Å². The summed E-state index contributed by atoms with van der Waals surface area (Å²) >= 11 is 0. The van der Waals surface area contributed by atoms with E-state index in [1.165, 1.54) is 5.56 Å². The fourth-order valence-corrected chi connectivity index (χ4v) is 2.60. The summed E-state index contributed by atoms with van der Waals surface area (Å²) in [6, 6.07) is 7.69. The Kier molecular flexibility index (Phi) is 4.71. The lowest BCUT2D eigenvalue weighted by Crippen LogP contribution is -2.23. The van der Waals surface area contributed by atoms with Crippen LogP contribution in [0.15, 0.2) is 24.3 Å². The van der Waals surface area contributed by atoms with Gasteiger partial charge in [0.2, 0.25) is 0 Å². The number of hydrogen-bond donors (Lipinski definition) is 2. The van der Waals surface area contributed by atoms with E-state index in [1.54, 1.807) is 0 Å². The third-order valence-electron chi connectivity index (χ3n) is 4.10. The maximum absolute atomic E-state index is 12.2. The zero-order chi connectivity index (χ0) is 16.2. The highest BCUT2D eigenvalue weighted by Crippen LogP contribution is 2.21. The Labute approximate surface area is 135 Å². The van der Waals surface area contributed by atoms with Gasteiger partial charge in [-0.1, -0.05) is 26.0 Å². The monoisotopic (exact) mass is 314 g/mol. The van der Waals surface area contributed by atoms with Gasteiger partial charge < -0.3 is 10.1 Å². The number of carbonyl (C=O) groups is 1. The number of nitrogens with one attached hydrogen (secondary N) is 2. The van der Waals surface area contributed by atoms with Crippen LogP contribution in [0.25, 0.3) is 0 Å². The predicted molar refractivity (Wildman–Crippen MR) is 86.3 cm³/mol. The number of H-pyrrole nitrogens is 1. The lowest BCUT2D eigenvalue weighted by Gasteiger charge is -2.07. The number of aromatic nitrogens is 3. The molecule has 0 spiro atoms. The summed E-state index contributed by atoms with van der Waals surface area (Å²) in [6.07, 6.45) is 0.950. The topological polar surface area (TPSA) is 79.9 Å². The molecule has 1 saturated heterocycles. The number of ether oxygens (including phenoxy) is 1. The Bertz CT molecular complexity index is 657. The minimum Gasteiger partial charge on any atom is -0.381 e. The SMILES string of the molecule is CC(C)c1ccc(C(=O)NCc2nc(C3CCOC3)n[nH]2)cc1. The van der Waals surface area contributed by atoms with E-state index in [1.807, 2.05) is 24.3 Å². The van der Waals surface area contributed by atoms with Crippen molar-refractivity contribution in [1.29, 1.82) is 0 Å². The summed E-state index contributed by atoms with van der Waals surface area (Å²) < 4.78 is 5.34. The molecule has 0 radical (unpaired) electrons. The third-order valence-corrected chi connectivity index (χ3v) is 4.10. The third kappa shape index (κ3) is 3.76. The summed E-state index contributed by atoms with van der Waals surface area (Å²) in [4.78, 5) is 16.6. The van der Waals surface area contributed by atoms with Gasteiger partial charge in [0.05, 0.1) is 13.2 Å². The molecule has 1 aromatic heterocycles. The van der Waals surface area contributed by atoms with E-state index in [2.05, 4.69) is 34.3 Å². The van der Waals surface area contributed by atoms with Gasteiger partial charge in [-0.15, -0.1) is 0 Å². The van der Waals surface area contributed by atoms with Crippen LogP contribution in [-0.4, -0.2) is 34.3 Å². The van der Waals surface area contributed by atoms with Crippen molar-refractivity contribution in [2.75, 3.05) is 13.2 Å².